The summed E-state index contributed by atoms with van der Waals surface area (Å²) in [6, 6.07) is 6.66. The maximum Gasteiger partial charge on any atom is 0.419 e. The predicted molar refractivity (Wildman–Crippen MR) is 81.3 cm³/mol. The van der Waals surface area contributed by atoms with Crippen molar-refractivity contribution in [1.82, 2.24) is 4.57 Å². The number of carbonyl (C=O) groups excluding carboxylic acids is 1. The molecule has 2 aromatic rings. The third-order valence-corrected chi connectivity index (χ3v) is 4.34. The van der Waals surface area contributed by atoms with Crippen LogP contribution in [0.15, 0.2) is 29.2 Å². The fourth-order valence-corrected chi connectivity index (χ4v) is 3.65. The van der Waals surface area contributed by atoms with Crippen LogP contribution in [0.3, 0.4) is 0 Å². The number of ether oxygens (including phenoxy) is 1. The first kappa shape index (κ1) is 15.9. The normalized spacial score (nSPS) is 12.6. The highest BCUT2D eigenvalue weighted by atomic mass is 35.7. The number of nitrogens with zero attached hydrogens (tertiary/aromatic N) is 1. The van der Waals surface area contributed by atoms with Crippen LogP contribution in [0.25, 0.3) is 10.9 Å². The van der Waals surface area contributed by atoms with Gasteiger partial charge in [-0.2, -0.15) is 0 Å². The van der Waals surface area contributed by atoms with Crippen molar-refractivity contribution < 1.29 is 17.9 Å². The van der Waals surface area contributed by atoms with Gasteiger partial charge in [0.25, 0.3) is 9.05 Å². The van der Waals surface area contributed by atoms with Crippen LogP contribution in [-0.4, -0.2) is 24.7 Å². The number of aromatic nitrogens is 1. The summed E-state index contributed by atoms with van der Waals surface area (Å²) in [6.45, 7) is 6.75. The Hall–Kier alpha value is -1.53. The first-order valence-electron chi connectivity index (χ1n) is 6.30. The van der Waals surface area contributed by atoms with Crippen molar-refractivity contribution in [2.75, 3.05) is 0 Å². The fraction of sp³-hybridized carbons (Fsp3) is 0.357. The van der Waals surface area contributed by atoms with Crippen molar-refractivity contribution in [2.45, 2.75) is 38.2 Å². The first-order chi connectivity index (χ1) is 9.52. The van der Waals surface area contributed by atoms with Crippen molar-refractivity contribution in [1.29, 1.82) is 0 Å². The second-order valence-corrected chi connectivity index (χ2v) is 8.19. The number of rotatable bonds is 1. The average Bonchev–Trinajstić information content (AvgIpc) is 2.57. The maximum absolute atomic E-state index is 12.3. The van der Waals surface area contributed by atoms with Gasteiger partial charge in [-0.15, -0.1) is 0 Å². The summed E-state index contributed by atoms with van der Waals surface area (Å²) in [5, 5.41) is 0.399. The van der Waals surface area contributed by atoms with Crippen LogP contribution in [-0.2, 0) is 13.8 Å². The zero-order chi connectivity index (χ0) is 16.0. The quantitative estimate of drug-likeness (QED) is 0.749. The van der Waals surface area contributed by atoms with Crippen LogP contribution in [0.1, 0.15) is 26.5 Å². The van der Waals surface area contributed by atoms with E-state index in [0.29, 0.717) is 10.9 Å². The van der Waals surface area contributed by atoms with Crippen molar-refractivity contribution in [2.24, 2.45) is 0 Å². The zero-order valence-electron chi connectivity index (χ0n) is 12.2. The minimum absolute atomic E-state index is 0.0642. The molecule has 0 N–H and O–H groups in total. The monoisotopic (exact) mass is 329 g/mol. The van der Waals surface area contributed by atoms with Crippen molar-refractivity contribution in [3.63, 3.8) is 0 Å². The average molecular weight is 330 g/mol. The Labute approximate surface area is 127 Å². The minimum Gasteiger partial charge on any atom is -0.443 e. The van der Waals surface area contributed by atoms with E-state index >= 15 is 0 Å². The van der Waals surface area contributed by atoms with Gasteiger partial charge in [-0.05, 0) is 33.8 Å². The summed E-state index contributed by atoms with van der Waals surface area (Å²) in [6.07, 6.45) is -0.636. The Morgan fingerprint density at radius 2 is 1.81 bits per heavy atom. The van der Waals surface area contributed by atoms with E-state index in [1.54, 1.807) is 45.0 Å². The van der Waals surface area contributed by atoms with Gasteiger partial charge >= 0.3 is 6.09 Å². The molecule has 7 heteroatoms. The smallest absolute Gasteiger partial charge is 0.419 e. The van der Waals surface area contributed by atoms with Crippen LogP contribution in [0, 0.1) is 6.92 Å². The molecule has 0 fully saturated rings. The molecule has 0 saturated heterocycles. The molecule has 114 valence electrons. The Morgan fingerprint density at radius 1 is 1.24 bits per heavy atom. The van der Waals surface area contributed by atoms with Crippen molar-refractivity contribution >= 4 is 36.7 Å². The maximum atomic E-state index is 12.3. The Bertz CT molecular complexity index is 815. The highest BCUT2D eigenvalue weighted by Gasteiger charge is 2.28. The Morgan fingerprint density at radius 3 is 2.33 bits per heavy atom. The van der Waals surface area contributed by atoms with Gasteiger partial charge in [-0.1, -0.05) is 18.2 Å². The third-order valence-electron chi connectivity index (χ3n) is 2.87. The van der Waals surface area contributed by atoms with E-state index in [2.05, 4.69) is 0 Å². The molecule has 0 aliphatic heterocycles. The van der Waals surface area contributed by atoms with E-state index in [4.69, 9.17) is 15.4 Å². The molecule has 0 bridgehead atoms. The zero-order valence-corrected chi connectivity index (χ0v) is 13.7. The lowest BCUT2D eigenvalue weighted by Gasteiger charge is -2.20. The number of hydrogen-bond donors (Lipinski definition) is 0. The minimum atomic E-state index is -3.97. The molecule has 5 nitrogen and oxygen atoms in total. The highest BCUT2D eigenvalue weighted by Crippen LogP contribution is 2.32. The summed E-state index contributed by atoms with van der Waals surface area (Å²) in [4.78, 5) is 12.3. The largest absolute Gasteiger partial charge is 0.443 e. The summed E-state index contributed by atoms with van der Waals surface area (Å²) >= 11 is 0. The summed E-state index contributed by atoms with van der Waals surface area (Å²) in [5.74, 6) is 0. The lowest BCUT2D eigenvalue weighted by atomic mass is 10.2. The van der Waals surface area contributed by atoms with Gasteiger partial charge in [0.1, 0.15) is 10.5 Å². The lowest BCUT2D eigenvalue weighted by molar-refractivity contribution is 0.0541. The molecule has 2 rings (SSSR count). The number of hydrogen-bond acceptors (Lipinski definition) is 4. The number of fused-ring (bicyclic) bond motifs is 1. The predicted octanol–water partition coefficient (Wildman–Crippen LogP) is 3.66. The van der Waals surface area contributed by atoms with Crippen molar-refractivity contribution in [3.8, 4) is 0 Å². The van der Waals surface area contributed by atoms with Gasteiger partial charge in [0.05, 0.1) is 5.52 Å². The fourth-order valence-electron chi connectivity index (χ4n) is 2.19. The van der Waals surface area contributed by atoms with Crippen LogP contribution >= 0.6 is 10.7 Å². The Kier molecular flexibility index (Phi) is 3.80. The molecule has 0 aliphatic rings. The van der Waals surface area contributed by atoms with Crippen LogP contribution in [0.2, 0.25) is 0 Å². The van der Waals surface area contributed by atoms with Gasteiger partial charge in [0.15, 0.2) is 0 Å². The molecule has 0 atom stereocenters. The summed E-state index contributed by atoms with van der Waals surface area (Å²) in [7, 11) is 1.53. The highest BCUT2D eigenvalue weighted by molar-refractivity contribution is 8.14. The van der Waals surface area contributed by atoms with Gasteiger partial charge < -0.3 is 4.74 Å². The van der Waals surface area contributed by atoms with Crippen LogP contribution in [0.5, 0.6) is 0 Å². The van der Waals surface area contributed by atoms with E-state index in [-0.39, 0.29) is 10.6 Å². The second kappa shape index (κ2) is 5.03. The first-order valence-corrected chi connectivity index (χ1v) is 8.61. The summed E-state index contributed by atoms with van der Waals surface area (Å²) < 4.78 is 30.1. The standard InChI is InChI=1S/C14H16ClNO4S/c1-9-12(21(15,18)19)10-7-5-6-8-11(10)16(9)13(17)20-14(2,3)4/h5-8H,1-4H3. The number of para-hydroxylation sites is 1. The summed E-state index contributed by atoms with van der Waals surface area (Å²) in [5.41, 5.74) is -0.00143. The molecule has 1 aromatic carbocycles. The second-order valence-electron chi connectivity index (χ2n) is 5.69. The molecule has 0 radical (unpaired) electrons. The van der Waals surface area contributed by atoms with Gasteiger partial charge in [0, 0.05) is 21.8 Å². The van der Waals surface area contributed by atoms with Crippen LogP contribution < -0.4 is 0 Å². The van der Waals surface area contributed by atoms with Crippen LogP contribution in [0.4, 0.5) is 4.79 Å². The Balaban J connectivity index is 2.77. The lowest BCUT2D eigenvalue weighted by Crippen LogP contribution is -2.27. The number of benzene rings is 1. The van der Waals surface area contributed by atoms with E-state index in [1.807, 2.05) is 0 Å². The molecule has 0 spiro atoms. The molecule has 1 aromatic heterocycles. The van der Waals surface area contributed by atoms with E-state index in [9.17, 15) is 13.2 Å². The number of carbonyl (C=O) groups is 1. The molecule has 0 amide bonds. The van der Waals surface area contributed by atoms with Gasteiger partial charge in [0.2, 0.25) is 0 Å². The SMILES string of the molecule is Cc1c(S(=O)(=O)Cl)c2ccccc2n1C(=O)OC(C)(C)C. The van der Waals surface area contributed by atoms with E-state index in [0.717, 1.165) is 0 Å². The molecular formula is C14H16ClNO4S. The van der Waals surface area contributed by atoms with E-state index < -0.39 is 20.7 Å². The molecule has 21 heavy (non-hydrogen) atoms. The molecular weight excluding hydrogens is 314 g/mol. The van der Waals surface area contributed by atoms with E-state index in [1.165, 1.54) is 11.5 Å². The molecule has 0 unspecified atom stereocenters. The molecule has 1 heterocycles. The van der Waals surface area contributed by atoms with Crippen molar-refractivity contribution in [3.05, 3.63) is 30.0 Å². The van der Waals surface area contributed by atoms with Gasteiger partial charge in [-0.3, -0.25) is 0 Å². The third kappa shape index (κ3) is 3.06. The number of halogens is 1. The van der Waals surface area contributed by atoms with Gasteiger partial charge in [-0.25, -0.2) is 17.8 Å². The topological polar surface area (TPSA) is 65.4 Å². The molecule has 0 aliphatic carbocycles. The molecule has 0 saturated carbocycles.